The second kappa shape index (κ2) is 8.78. The molecule has 1 aliphatic rings. The van der Waals surface area contributed by atoms with E-state index in [2.05, 4.69) is 29.1 Å². The summed E-state index contributed by atoms with van der Waals surface area (Å²) in [4.78, 5) is 8.97. The van der Waals surface area contributed by atoms with E-state index in [1.54, 1.807) is 0 Å². The fourth-order valence-corrected chi connectivity index (χ4v) is 2.40. The van der Waals surface area contributed by atoms with Crippen molar-refractivity contribution >= 4 is 11.5 Å². The molecule has 1 aromatic heterocycles. The molecule has 0 saturated carbocycles. The summed E-state index contributed by atoms with van der Waals surface area (Å²) in [7, 11) is 0. The lowest BCUT2D eigenvalue weighted by Gasteiger charge is -2.16. The Kier molecular flexibility index (Phi) is 6.71. The van der Waals surface area contributed by atoms with E-state index in [4.69, 9.17) is 15.2 Å². The minimum Gasteiger partial charge on any atom is -0.476 e. The quantitative estimate of drug-likeness (QED) is 0.683. The Morgan fingerprint density at radius 2 is 2.18 bits per heavy atom. The van der Waals surface area contributed by atoms with E-state index in [0.29, 0.717) is 24.0 Å². The van der Waals surface area contributed by atoms with Crippen molar-refractivity contribution in [1.29, 1.82) is 0 Å². The van der Waals surface area contributed by atoms with Crippen LogP contribution in [0, 0.1) is 0 Å². The highest BCUT2D eigenvalue weighted by Gasteiger charge is 2.18. The van der Waals surface area contributed by atoms with Crippen molar-refractivity contribution in [3.8, 4) is 5.88 Å². The molecule has 1 aliphatic heterocycles. The highest BCUT2D eigenvalue weighted by Crippen LogP contribution is 2.27. The van der Waals surface area contributed by atoms with Crippen molar-refractivity contribution in [2.24, 2.45) is 0 Å². The molecule has 0 radical (unpaired) electrons. The van der Waals surface area contributed by atoms with Crippen LogP contribution in [0.4, 0.5) is 11.5 Å². The maximum absolute atomic E-state index is 6.16. The molecule has 6 nitrogen and oxygen atoms in total. The number of unbranched alkanes of at least 4 members (excludes halogenated alkanes) is 1. The lowest BCUT2D eigenvalue weighted by molar-refractivity contribution is 0.120. The minimum atomic E-state index is 0.244. The predicted octanol–water partition coefficient (Wildman–Crippen LogP) is 2.78. The number of aryl methyl sites for hydroxylation is 1. The molecule has 22 heavy (non-hydrogen) atoms. The first-order chi connectivity index (χ1) is 10.7. The van der Waals surface area contributed by atoms with Crippen LogP contribution >= 0.6 is 0 Å². The standard InChI is InChI=1S/C16H28N4O2/c1-3-5-9-22-16-14(17)15(19-13(20-16)7-4-2)18-11-12-8-6-10-21-12/h12H,3-11,17H2,1-2H3,(H,18,19,20). The van der Waals surface area contributed by atoms with Gasteiger partial charge in [-0.15, -0.1) is 0 Å². The molecule has 0 spiro atoms. The molecule has 124 valence electrons. The number of anilines is 2. The monoisotopic (exact) mass is 308 g/mol. The van der Waals surface area contributed by atoms with Gasteiger partial charge in [-0.25, -0.2) is 4.98 Å². The van der Waals surface area contributed by atoms with Gasteiger partial charge in [0.15, 0.2) is 5.82 Å². The lowest BCUT2D eigenvalue weighted by atomic mass is 10.2. The fourth-order valence-electron chi connectivity index (χ4n) is 2.40. The van der Waals surface area contributed by atoms with Crippen molar-refractivity contribution in [3.63, 3.8) is 0 Å². The maximum atomic E-state index is 6.16. The number of hydrogen-bond acceptors (Lipinski definition) is 6. The molecule has 1 aromatic rings. The van der Waals surface area contributed by atoms with Crippen molar-refractivity contribution in [3.05, 3.63) is 5.82 Å². The molecule has 2 heterocycles. The van der Waals surface area contributed by atoms with Gasteiger partial charge in [-0.2, -0.15) is 4.98 Å². The molecular formula is C16H28N4O2. The number of hydrogen-bond donors (Lipinski definition) is 2. The third-order valence-electron chi connectivity index (χ3n) is 3.69. The summed E-state index contributed by atoms with van der Waals surface area (Å²) in [6, 6.07) is 0. The van der Waals surface area contributed by atoms with Crippen molar-refractivity contribution in [2.45, 2.75) is 58.5 Å². The van der Waals surface area contributed by atoms with Gasteiger partial charge in [-0.3, -0.25) is 0 Å². The number of aromatic nitrogens is 2. The zero-order valence-corrected chi connectivity index (χ0v) is 13.7. The normalized spacial score (nSPS) is 17.6. The molecule has 2 rings (SSSR count). The number of nitrogens with one attached hydrogen (secondary N) is 1. The number of nitrogens with two attached hydrogens (primary N) is 1. The van der Waals surface area contributed by atoms with Crippen LogP contribution in [0.25, 0.3) is 0 Å². The number of rotatable bonds is 9. The van der Waals surface area contributed by atoms with E-state index < -0.39 is 0 Å². The van der Waals surface area contributed by atoms with Crippen molar-refractivity contribution in [2.75, 3.05) is 30.8 Å². The first-order valence-electron chi connectivity index (χ1n) is 8.39. The zero-order chi connectivity index (χ0) is 15.8. The highest BCUT2D eigenvalue weighted by molar-refractivity contribution is 5.67. The van der Waals surface area contributed by atoms with Crippen molar-refractivity contribution in [1.82, 2.24) is 9.97 Å². The third kappa shape index (κ3) is 4.73. The molecule has 1 saturated heterocycles. The summed E-state index contributed by atoms with van der Waals surface area (Å²) < 4.78 is 11.4. The van der Waals surface area contributed by atoms with Gasteiger partial charge in [-0.1, -0.05) is 20.3 Å². The summed E-state index contributed by atoms with van der Waals surface area (Å²) in [5.74, 6) is 1.94. The van der Waals surface area contributed by atoms with Crippen LogP contribution in [0.2, 0.25) is 0 Å². The van der Waals surface area contributed by atoms with E-state index in [1.165, 1.54) is 0 Å². The molecule has 0 aromatic carbocycles. The predicted molar refractivity (Wildman–Crippen MR) is 88.3 cm³/mol. The fraction of sp³-hybridized carbons (Fsp3) is 0.750. The Labute approximate surface area is 132 Å². The largest absolute Gasteiger partial charge is 0.476 e. The SMILES string of the molecule is CCCCOc1nc(CCC)nc(NCC2CCCO2)c1N. The smallest absolute Gasteiger partial charge is 0.242 e. The van der Waals surface area contributed by atoms with E-state index in [-0.39, 0.29) is 6.10 Å². The topological polar surface area (TPSA) is 82.3 Å². The molecule has 6 heteroatoms. The van der Waals surface area contributed by atoms with Gasteiger partial charge in [0.2, 0.25) is 5.88 Å². The molecule has 1 fully saturated rings. The summed E-state index contributed by atoms with van der Waals surface area (Å²) in [5, 5.41) is 3.30. The Morgan fingerprint density at radius 3 is 2.86 bits per heavy atom. The Bertz CT molecular complexity index is 462. The highest BCUT2D eigenvalue weighted by atomic mass is 16.5. The van der Waals surface area contributed by atoms with E-state index in [9.17, 15) is 0 Å². The second-order valence-corrected chi connectivity index (χ2v) is 5.68. The molecule has 3 N–H and O–H groups in total. The van der Waals surface area contributed by atoms with Gasteiger partial charge in [0.1, 0.15) is 11.5 Å². The molecular weight excluding hydrogens is 280 g/mol. The van der Waals surface area contributed by atoms with Crippen LogP contribution in [0.1, 0.15) is 51.8 Å². The molecule has 0 amide bonds. The van der Waals surface area contributed by atoms with Gasteiger partial charge < -0.3 is 20.5 Å². The summed E-state index contributed by atoms with van der Waals surface area (Å²) >= 11 is 0. The van der Waals surface area contributed by atoms with Gasteiger partial charge in [0.25, 0.3) is 0 Å². The summed E-state index contributed by atoms with van der Waals surface area (Å²) in [5.41, 5.74) is 6.66. The third-order valence-corrected chi connectivity index (χ3v) is 3.69. The Hall–Kier alpha value is -1.56. The second-order valence-electron chi connectivity index (χ2n) is 5.68. The number of nitrogen functional groups attached to an aromatic ring is 1. The summed E-state index contributed by atoms with van der Waals surface area (Å²) in [6.45, 7) is 6.44. The van der Waals surface area contributed by atoms with Gasteiger partial charge in [0, 0.05) is 19.6 Å². The number of ether oxygens (including phenoxy) is 2. The average molecular weight is 308 g/mol. The van der Waals surface area contributed by atoms with Crippen LogP contribution in [0.15, 0.2) is 0 Å². The van der Waals surface area contributed by atoms with Gasteiger partial charge in [0.05, 0.1) is 12.7 Å². The van der Waals surface area contributed by atoms with Crippen LogP contribution in [0.3, 0.4) is 0 Å². The minimum absolute atomic E-state index is 0.244. The molecule has 1 atom stereocenters. The van der Waals surface area contributed by atoms with Crippen LogP contribution in [-0.2, 0) is 11.2 Å². The number of nitrogens with zero attached hydrogens (tertiary/aromatic N) is 2. The molecule has 0 aliphatic carbocycles. The zero-order valence-electron chi connectivity index (χ0n) is 13.7. The van der Waals surface area contributed by atoms with Gasteiger partial charge in [-0.05, 0) is 25.7 Å². The Balaban J connectivity index is 2.07. The Morgan fingerprint density at radius 1 is 1.32 bits per heavy atom. The lowest BCUT2D eigenvalue weighted by Crippen LogP contribution is -2.20. The molecule has 1 unspecified atom stereocenters. The van der Waals surface area contributed by atoms with Crippen LogP contribution < -0.4 is 15.8 Å². The van der Waals surface area contributed by atoms with E-state index >= 15 is 0 Å². The average Bonchev–Trinajstić information content (AvgIpc) is 3.02. The van der Waals surface area contributed by atoms with Crippen LogP contribution in [-0.4, -0.2) is 35.8 Å². The molecule has 0 bridgehead atoms. The first-order valence-corrected chi connectivity index (χ1v) is 8.39. The maximum Gasteiger partial charge on any atom is 0.242 e. The first kappa shape index (κ1) is 16.8. The summed E-state index contributed by atoms with van der Waals surface area (Å²) in [6.07, 6.45) is 6.33. The van der Waals surface area contributed by atoms with Crippen molar-refractivity contribution < 1.29 is 9.47 Å². The van der Waals surface area contributed by atoms with Crippen LogP contribution in [0.5, 0.6) is 5.88 Å². The van der Waals surface area contributed by atoms with E-state index in [0.717, 1.165) is 57.5 Å². The van der Waals surface area contributed by atoms with Gasteiger partial charge >= 0.3 is 0 Å². The van der Waals surface area contributed by atoms with E-state index in [1.807, 2.05) is 0 Å².